The summed E-state index contributed by atoms with van der Waals surface area (Å²) in [5.41, 5.74) is 1.24. The lowest BCUT2D eigenvalue weighted by molar-refractivity contribution is -0.133. The number of hydrogen-bond donors (Lipinski definition) is 0. The third kappa shape index (κ3) is 6.71. The Hall–Kier alpha value is -1.39. The number of nitrogens with zero attached hydrogens (tertiary/aromatic N) is 2. The van der Waals surface area contributed by atoms with Crippen molar-refractivity contribution in [3.05, 3.63) is 35.9 Å². The second-order valence-corrected chi connectivity index (χ2v) is 6.34. The Morgan fingerprint density at radius 2 is 1.74 bits per heavy atom. The molecule has 0 aliphatic carbocycles. The van der Waals surface area contributed by atoms with Gasteiger partial charge in [0.2, 0.25) is 5.91 Å². The molecule has 1 aromatic rings. The lowest BCUT2D eigenvalue weighted by atomic mass is 10.1. The predicted octanol–water partition coefficient (Wildman–Crippen LogP) is 2.93. The van der Waals surface area contributed by atoms with Crippen molar-refractivity contribution >= 4 is 5.91 Å². The number of carbonyl (C=O) groups is 1. The number of carbonyl (C=O) groups excluding carboxylic acids is 1. The van der Waals surface area contributed by atoms with Crippen molar-refractivity contribution in [2.75, 3.05) is 39.9 Å². The number of ether oxygens (including phenoxy) is 1. The van der Waals surface area contributed by atoms with E-state index in [4.69, 9.17) is 4.74 Å². The first-order chi connectivity index (χ1) is 11.3. The van der Waals surface area contributed by atoms with Gasteiger partial charge in [0.25, 0.3) is 0 Å². The van der Waals surface area contributed by atoms with Crippen LogP contribution in [0.4, 0.5) is 0 Å². The third-order valence-electron chi connectivity index (χ3n) is 4.43. The molecule has 1 fully saturated rings. The number of amides is 1. The summed E-state index contributed by atoms with van der Waals surface area (Å²) < 4.78 is 5.21. The van der Waals surface area contributed by atoms with E-state index in [0.29, 0.717) is 13.2 Å². The summed E-state index contributed by atoms with van der Waals surface area (Å²) in [5, 5.41) is 0. The molecular formula is C19H30N2O2. The molecule has 4 nitrogen and oxygen atoms in total. The zero-order valence-electron chi connectivity index (χ0n) is 14.4. The lowest BCUT2D eigenvalue weighted by Gasteiger charge is -2.28. The van der Waals surface area contributed by atoms with Crippen molar-refractivity contribution < 1.29 is 9.53 Å². The molecule has 1 amide bonds. The standard InChI is InChI=1S/C19H30N2O2/c1-23-15-14-20(16-18-10-6-5-7-11-18)17-19(22)21-12-8-3-2-4-9-13-21/h5-7,10-11H,2-4,8-9,12-17H2,1H3. The summed E-state index contributed by atoms with van der Waals surface area (Å²) in [4.78, 5) is 16.9. The van der Waals surface area contributed by atoms with Crippen LogP contribution in [0.2, 0.25) is 0 Å². The maximum atomic E-state index is 12.7. The Bertz CT molecular complexity index is 442. The smallest absolute Gasteiger partial charge is 0.236 e. The SMILES string of the molecule is COCCN(CC(=O)N1CCCCCCC1)Cc1ccccc1. The fraction of sp³-hybridized carbons (Fsp3) is 0.632. The van der Waals surface area contributed by atoms with Crippen LogP contribution in [0.1, 0.15) is 37.7 Å². The van der Waals surface area contributed by atoms with Crippen molar-refractivity contribution in [1.82, 2.24) is 9.80 Å². The Kier molecular flexibility index (Phi) is 8.12. The molecule has 1 aromatic carbocycles. The van der Waals surface area contributed by atoms with Gasteiger partial charge in [-0.05, 0) is 18.4 Å². The second-order valence-electron chi connectivity index (χ2n) is 6.34. The van der Waals surface area contributed by atoms with E-state index in [1.807, 2.05) is 18.2 Å². The van der Waals surface area contributed by atoms with Crippen molar-refractivity contribution in [2.45, 2.75) is 38.6 Å². The predicted molar refractivity (Wildman–Crippen MR) is 93.3 cm³/mol. The van der Waals surface area contributed by atoms with Crippen LogP contribution < -0.4 is 0 Å². The normalized spacial score (nSPS) is 16.2. The van der Waals surface area contributed by atoms with E-state index in [0.717, 1.165) is 39.0 Å². The highest BCUT2D eigenvalue weighted by Gasteiger charge is 2.18. The van der Waals surface area contributed by atoms with Crippen LogP contribution in [0.3, 0.4) is 0 Å². The van der Waals surface area contributed by atoms with E-state index >= 15 is 0 Å². The van der Waals surface area contributed by atoms with Crippen LogP contribution >= 0.6 is 0 Å². The molecule has 0 aromatic heterocycles. The summed E-state index contributed by atoms with van der Waals surface area (Å²) in [6.07, 6.45) is 6.10. The minimum Gasteiger partial charge on any atom is -0.383 e. The van der Waals surface area contributed by atoms with Gasteiger partial charge in [0, 0.05) is 33.3 Å². The maximum absolute atomic E-state index is 12.7. The Morgan fingerprint density at radius 3 is 2.39 bits per heavy atom. The number of hydrogen-bond acceptors (Lipinski definition) is 3. The van der Waals surface area contributed by atoms with E-state index in [2.05, 4.69) is 21.9 Å². The van der Waals surface area contributed by atoms with Gasteiger partial charge in [0.1, 0.15) is 0 Å². The van der Waals surface area contributed by atoms with E-state index in [1.165, 1.54) is 24.8 Å². The summed E-state index contributed by atoms with van der Waals surface area (Å²) in [6, 6.07) is 10.3. The van der Waals surface area contributed by atoms with Crippen molar-refractivity contribution in [1.29, 1.82) is 0 Å². The molecule has 1 saturated heterocycles. The Morgan fingerprint density at radius 1 is 1.09 bits per heavy atom. The van der Waals surface area contributed by atoms with Gasteiger partial charge in [-0.25, -0.2) is 0 Å². The molecule has 1 aliphatic heterocycles. The highest BCUT2D eigenvalue weighted by molar-refractivity contribution is 5.78. The van der Waals surface area contributed by atoms with Gasteiger partial charge < -0.3 is 9.64 Å². The number of rotatable bonds is 7. The summed E-state index contributed by atoms with van der Waals surface area (Å²) >= 11 is 0. The van der Waals surface area contributed by atoms with Crippen LogP contribution in [0.15, 0.2) is 30.3 Å². The third-order valence-corrected chi connectivity index (χ3v) is 4.43. The molecular weight excluding hydrogens is 288 g/mol. The van der Waals surface area contributed by atoms with Crippen LogP contribution in [0.25, 0.3) is 0 Å². The van der Waals surface area contributed by atoms with Gasteiger partial charge in [-0.1, -0.05) is 49.6 Å². The summed E-state index contributed by atoms with van der Waals surface area (Å²) in [7, 11) is 1.71. The topological polar surface area (TPSA) is 32.8 Å². The fourth-order valence-electron chi connectivity index (χ4n) is 3.06. The quantitative estimate of drug-likeness (QED) is 0.775. The minimum absolute atomic E-state index is 0.263. The lowest BCUT2D eigenvalue weighted by Crippen LogP contribution is -2.42. The van der Waals surface area contributed by atoms with E-state index in [1.54, 1.807) is 7.11 Å². The summed E-state index contributed by atoms with van der Waals surface area (Å²) in [5.74, 6) is 0.263. The molecule has 0 unspecified atom stereocenters. The number of methoxy groups -OCH3 is 1. The fourth-order valence-corrected chi connectivity index (χ4v) is 3.06. The largest absolute Gasteiger partial charge is 0.383 e. The molecule has 0 N–H and O–H groups in total. The maximum Gasteiger partial charge on any atom is 0.236 e. The molecule has 0 saturated carbocycles. The molecule has 128 valence electrons. The molecule has 0 radical (unpaired) electrons. The first-order valence-electron chi connectivity index (χ1n) is 8.82. The van der Waals surface area contributed by atoms with Gasteiger partial charge >= 0.3 is 0 Å². The van der Waals surface area contributed by atoms with E-state index in [9.17, 15) is 4.79 Å². The molecule has 4 heteroatoms. The molecule has 1 aliphatic rings. The van der Waals surface area contributed by atoms with Crippen LogP contribution in [-0.4, -0.2) is 55.6 Å². The zero-order chi connectivity index (χ0) is 16.3. The van der Waals surface area contributed by atoms with Gasteiger partial charge in [0.15, 0.2) is 0 Å². The molecule has 0 atom stereocenters. The number of likely N-dealkylation sites (tertiary alicyclic amines) is 1. The average Bonchev–Trinajstić information content (AvgIpc) is 2.53. The van der Waals surface area contributed by atoms with Crippen molar-refractivity contribution in [2.24, 2.45) is 0 Å². The van der Waals surface area contributed by atoms with Crippen LogP contribution in [0.5, 0.6) is 0 Å². The zero-order valence-corrected chi connectivity index (χ0v) is 14.4. The van der Waals surface area contributed by atoms with Crippen molar-refractivity contribution in [3.8, 4) is 0 Å². The average molecular weight is 318 g/mol. The summed E-state index contributed by atoms with van der Waals surface area (Å²) in [6.45, 7) is 4.55. The first-order valence-corrected chi connectivity index (χ1v) is 8.82. The Balaban J connectivity index is 1.91. The van der Waals surface area contributed by atoms with Gasteiger partial charge in [-0.2, -0.15) is 0 Å². The van der Waals surface area contributed by atoms with Crippen LogP contribution in [0, 0.1) is 0 Å². The number of benzene rings is 1. The van der Waals surface area contributed by atoms with Crippen LogP contribution in [-0.2, 0) is 16.1 Å². The van der Waals surface area contributed by atoms with E-state index < -0.39 is 0 Å². The molecule has 1 heterocycles. The molecule has 0 bridgehead atoms. The molecule has 23 heavy (non-hydrogen) atoms. The Labute approximate surface area is 140 Å². The van der Waals surface area contributed by atoms with Gasteiger partial charge in [-0.15, -0.1) is 0 Å². The van der Waals surface area contributed by atoms with Crippen molar-refractivity contribution in [3.63, 3.8) is 0 Å². The highest BCUT2D eigenvalue weighted by atomic mass is 16.5. The second kappa shape index (κ2) is 10.4. The first kappa shape index (κ1) is 18.0. The molecule has 0 spiro atoms. The van der Waals surface area contributed by atoms with Gasteiger partial charge in [-0.3, -0.25) is 9.69 Å². The monoisotopic (exact) mass is 318 g/mol. The van der Waals surface area contributed by atoms with Gasteiger partial charge in [0.05, 0.1) is 13.2 Å². The molecule has 2 rings (SSSR count). The minimum atomic E-state index is 0.263. The van der Waals surface area contributed by atoms with E-state index in [-0.39, 0.29) is 5.91 Å². The highest BCUT2D eigenvalue weighted by Crippen LogP contribution is 2.11.